The van der Waals surface area contributed by atoms with Gasteiger partial charge in [0, 0.05) is 6.04 Å². The van der Waals surface area contributed by atoms with E-state index in [9.17, 15) is 22.8 Å². The molecule has 0 aromatic heterocycles. The molecule has 8 heteroatoms. The Morgan fingerprint density at radius 2 is 1.84 bits per heavy atom. The van der Waals surface area contributed by atoms with Gasteiger partial charge in [-0.25, -0.2) is 0 Å². The molecule has 0 unspecified atom stereocenters. The average molecular weight is 285 g/mol. The van der Waals surface area contributed by atoms with E-state index >= 15 is 0 Å². The first-order valence-corrected chi connectivity index (χ1v) is 5.68. The fraction of sp³-hybridized carbons (Fsp3) is 0.818. The molecule has 0 saturated heterocycles. The summed E-state index contributed by atoms with van der Waals surface area (Å²) in [7, 11) is 1.19. The highest BCUT2D eigenvalue weighted by molar-refractivity contribution is 5.82. The van der Waals surface area contributed by atoms with Crippen molar-refractivity contribution in [2.24, 2.45) is 0 Å². The zero-order valence-corrected chi connectivity index (χ0v) is 11.1. The molecule has 5 nitrogen and oxygen atoms in total. The number of nitrogens with zero attached hydrogens (tertiary/aromatic N) is 1. The van der Waals surface area contributed by atoms with Crippen LogP contribution in [0.3, 0.4) is 0 Å². The molecule has 0 aliphatic heterocycles. The maximum Gasteiger partial charge on any atom is 0.411 e. The predicted octanol–water partition coefficient (Wildman–Crippen LogP) is 1.37. The van der Waals surface area contributed by atoms with Gasteiger partial charge in [-0.05, 0) is 13.8 Å². The van der Waals surface area contributed by atoms with Crippen molar-refractivity contribution in [2.45, 2.75) is 32.5 Å². The van der Waals surface area contributed by atoms with Crippen molar-refractivity contribution in [3.63, 3.8) is 0 Å². The van der Waals surface area contributed by atoms with E-state index in [0.717, 1.165) is 0 Å². The first-order valence-electron chi connectivity index (χ1n) is 5.68. The molecule has 0 saturated carbocycles. The molecule has 19 heavy (non-hydrogen) atoms. The first-order chi connectivity index (χ1) is 8.67. The Balaban J connectivity index is 4.16. The van der Waals surface area contributed by atoms with Gasteiger partial charge in [-0.1, -0.05) is 0 Å². The summed E-state index contributed by atoms with van der Waals surface area (Å²) >= 11 is 0. The van der Waals surface area contributed by atoms with Crippen LogP contribution in [0.4, 0.5) is 13.2 Å². The Hall–Kier alpha value is -1.31. The monoisotopic (exact) mass is 285 g/mol. The van der Waals surface area contributed by atoms with Crippen LogP contribution in [0.2, 0.25) is 0 Å². The number of carbonyl (C=O) groups excluding carboxylic acids is 2. The van der Waals surface area contributed by atoms with Crippen LogP contribution in [0.1, 0.15) is 20.3 Å². The summed E-state index contributed by atoms with van der Waals surface area (Å²) < 4.78 is 44.2. The van der Waals surface area contributed by atoms with Crippen LogP contribution in [-0.2, 0) is 19.1 Å². The lowest BCUT2D eigenvalue weighted by atomic mass is 10.2. The van der Waals surface area contributed by atoms with Crippen LogP contribution in [0, 0.1) is 0 Å². The van der Waals surface area contributed by atoms with Gasteiger partial charge in [0.15, 0.2) is 0 Å². The molecule has 0 aromatic rings. The van der Waals surface area contributed by atoms with E-state index in [1.807, 2.05) is 0 Å². The summed E-state index contributed by atoms with van der Waals surface area (Å²) in [5.74, 6) is -1.04. The van der Waals surface area contributed by atoms with Gasteiger partial charge in [-0.2, -0.15) is 13.2 Å². The van der Waals surface area contributed by atoms with Crippen LogP contribution in [-0.4, -0.2) is 55.9 Å². The SMILES string of the molecule is COC(=O)CN(C(=O)CCOCC(F)(F)F)C(C)C. The number of rotatable bonds is 7. The molecule has 0 heterocycles. The minimum absolute atomic E-state index is 0.217. The van der Waals surface area contributed by atoms with Crippen molar-refractivity contribution in [2.75, 3.05) is 26.9 Å². The lowest BCUT2D eigenvalue weighted by molar-refractivity contribution is -0.175. The molecular formula is C11H18F3NO4. The number of alkyl halides is 3. The van der Waals surface area contributed by atoms with E-state index in [4.69, 9.17) is 0 Å². The van der Waals surface area contributed by atoms with Gasteiger partial charge < -0.3 is 14.4 Å². The summed E-state index contributed by atoms with van der Waals surface area (Å²) in [4.78, 5) is 24.0. The molecular weight excluding hydrogens is 267 g/mol. The highest BCUT2D eigenvalue weighted by atomic mass is 19.4. The molecule has 0 bridgehead atoms. The van der Waals surface area contributed by atoms with Crippen molar-refractivity contribution in [1.29, 1.82) is 0 Å². The summed E-state index contributed by atoms with van der Waals surface area (Å²) in [5, 5.41) is 0. The van der Waals surface area contributed by atoms with Crippen LogP contribution >= 0.6 is 0 Å². The van der Waals surface area contributed by atoms with Crippen LogP contribution in [0.25, 0.3) is 0 Å². The second-order valence-corrected chi connectivity index (χ2v) is 4.11. The number of amides is 1. The van der Waals surface area contributed by atoms with Gasteiger partial charge in [0.05, 0.1) is 20.1 Å². The highest BCUT2D eigenvalue weighted by Crippen LogP contribution is 2.14. The maximum atomic E-state index is 11.8. The fourth-order valence-corrected chi connectivity index (χ4v) is 1.25. The lowest BCUT2D eigenvalue weighted by Crippen LogP contribution is -2.41. The molecule has 0 fully saturated rings. The Morgan fingerprint density at radius 1 is 1.26 bits per heavy atom. The van der Waals surface area contributed by atoms with Gasteiger partial charge >= 0.3 is 12.1 Å². The fourth-order valence-electron chi connectivity index (χ4n) is 1.25. The van der Waals surface area contributed by atoms with Gasteiger partial charge in [-0.3, -0.25) is 9.59 Å². The van der Waals surface area contributed by atoms with Crippen molar-refractivity contribution in [3.8, 4) is 0 Å². The molecule has 0 N–H and O–H groups in total. The van der Waals surface area contributed by atoms with E-state index in [2.05, 4.69) is 9.47 Å². The quantitative estimate of drug-likeness (QED) is 0.523. The molecule has 112 valence electrons. The number of halogens is 3. The Bertz CT molecular complexity index is 305. The Morgan fingerprint density at radius 3 is 2.26 bits per heavy atom. The standard InChI is InChI=1S/C11H18F3NO4/c1-8(2)15(6-10(17)18-3)9(16)4-5-19-7-11(12,13)14/h8H,4-7H2,1-3H3. The normalized spacial score (nSPS) is 11.5. The molecule has 0 rings (SSSR count). The van der Waals surface area contributed by atoms with Gasteiger partial charge in [-0.15, -0.1) is 0 Å². The summed E-state index contributed by atoms with van der Waals surface area (Å²) in [6, 6.07) is -0.255. The number of hydrogen-bond acceptors (Lipinski definition) is 4. The van der Waals surface area contributed by atoms with Gasteiger partial charge in [0.1, 0.15) is 13.2 Å². The third-order valence-corrected chi connectivity index (χ3v) is 2.20. The molecule has 1 amide bonds. The third-order valence-electron chi connectivity index (χ3n) is 2.20. The van der Waals surface area contributed by atoms with Crippen molar-refractivity contribution < 1.29 is 32.2 Å². The molecule has 0 spiro atoms. The Labute approximate surface area is 109 Å². The second kappa shape index (κ2) is 7.98. The van der Waals surface area contributed by atoms with E-state index in [0.29, 0.717) is 0 Å². The number of ether oxygens (including phenoxy) is 2. The smallest absolute Gasteiger partial charge is 0.411 e. The minimum Gasteiger partial charge on any atom is -0.468 e. The lowest BCUT2D eigenvalue weighted by Gasteiger charge is -2.25. The van der Waals surface area contributed by atoms with Crippen LogP contribution in [0.5, 0.6) is 0 Å². The summed E-state index contributed by atoms with van der Waals surface area (Å²) in [5.41, 5.74) is 0. The molecule has 0 radical (unpaired) electrons. The molecule has 0 aliphatic rings. The zero-order valence-electron chi connectivity index (χ0n) is 11.1. The molecule has 0 aliphatic carbocycles. The van der Waals surface area contributed by atoms with E-state index in [-0.39, 0.29) is 25.6 Å². The third kappa shape index (κ3) is 8.41. The zero-order chi connectivity index (χ0) is 15.1. The minimum atomic E-state index is -4.41. The largest absolute Gasteiger partial charge is 0.468 e. The predicted molar refractivity (Wildman–Crippen MR) is 60.4 cm³/mol. The van der Waals surface area contributed by atoms with Crippen LogP contribution in [0.15, 0.2) is 0 Å². The topological polar surface area (TPSA) is 55.8 Å². The van der Waals surface area contributed by atoms with Crippen LogP contribution < -0.4 is 0 Å². The molecule has 0 atom stereocenters. The van der Waals surface area contributed by atoms with E-state index in [1.54, 1.807) is 13.8 Å². The maximum absolute atomic E-state index is 11.8. The van der Waals surface area contributed by atoms with Gasteiger partial charge in [0.25, 0.3) is 0 Å². The van der Waals surface area contributed by atoms with E-state index < -0.39 is 24.7 Å². The van der Waals surface area contributed by atoms with Gasteiger partial charge in [0.2, 0.25) is 5.91 Å². The average Bonchev–Trinajstić information content (AvgIpc) is 2.29. The molecule has 0 aromatic carbocycles. The van der Waals surface area contributed by atoms with E-state index in [1.165, 1.54) is 12.0 Å². The number of methoxy groups -OCH3 is 1. The second-order valence-electron chi connectivity index (χ2n) is 4.11. The van der Waals surface area contributed by atoms with Crippen molar-refractivity contribution >= 4 is 11.9 Å². The highest BCUT2D eigenvalue weighted by Gasteiger charge is 2.27. The summed E-state index contributed by atoms with van der Waals surface area (Å²) in [6.45, 7) is 1.42. The first kappa shape index (κ1) is 17.7. The summed E-state index contributed by atoms with van der Waals surface area (Å²) in [6.07, 6.45) is -4.63. The number of esters is 1. The Kier molecular flexibility index (Phi) is 7.43. The van der Waals surface area contributed by atoms with Crippen molar-refractivity contribution in [1.82, 2.24) is 4.90 Å². The number of hydrogen-bond donors (Lipinski definition) is 0. The number of carbonyl (C=O) groups is 2. The van der Waals surface area contributed by atoms with Crippen molar-refractivity contribution in [3.05, 3.63) is 0 Å².